The van der Waals surface area contributed by atoms with Crippen LogP contribution in [0, 0.1) is 0 Å². The molecule has 3 nitrogen and oxygen atoms in total. The molecule has 0 saturated carbocycles. The number of halogens is 6. The number of hydrogen-bond acceptors (Lipinski definition) is 3. The van der Waals surface area contributed by atoms with E-state index in [1.165, 1.54) is 0 Å². The van der Waals surface area contributed by atoms with Crippen molar-refractivity contribution in [2.24, 2.45) is 0 Å². The fourth-order valence-electron chi connectivity index (χ4n) is 1.01. The van der Waals surface area contributed by atoms with Gasteiger partial charge in [0.2, 0.25) is 0 Å². The molecule has 1 unspecified atom stereocenters. The second-order valence-electron chi connectivity index (χ2n) is 2.91. The Morgan fingerprint density at radius 2 is 1.67 bits per heavy atom. The fourth-order valence-corrected chi connectivity index (χ4v) is 1.01. The lowest BCUT2D eigenvalue weighted by atomic mass is 9.97. The Morgan fingerprint density at radius 3 is 2.07 bits per heavy atom. The van der Waals surface area contributed by atoms with Crippen molar-refractivity contribution < 1.29 is 41.0 Å². The first kappa shape index (κ1) is 12.1. The monoisotopic (exact) mass is 237 g/mol. The van der Waals surface area contributed by atoms with Gasteiger partial charge in [-0.2, -0.15) is 26.3 Å². The van der Waals surface area contributed by atoms with Crippen molar-refractivity contribution in [2.45, 2.75) is 23.9 Å². The molecule has 0 aromatic heterocycles. The van der Waals surface area contributed by atoms with Crippen molar-refractivity contribution >= 4 is 5.97 Å². The number of aliphatic carboxylic acids is 1. The highest BCUT2D eigenvalue weighted by Crippen LogP contribution is 2.51. The maximum absolute atomic E-state index is 12.6. The Bertz CT molecular complexity index is 289. The maximum Gasteiger partial charge on any atom is 0.377 e. The molecule has 88 valence electrons. The minimum Gasteiger partial charge on any atom is -0.547 e. The van der Waals surface area contributed by atoms with Crippen LogP contribution < -0.4 is 5.11 Å². The van der Waals surface area contributed by atoms with Gasteiger partial charge in [-0.05, 0) is 0 Å². The van der Waals surface area contributed by atoms with Crippen molar-refractivity contribution in [2.75, 3.05) is 6.61 Å². The largest absolute Gasteiger partial charge is 0.547 e. The molecule has 0 aromatic carbocycles. The molecule has 1 atom stereocenters. The third kappa shape index (κ3) is 1.45. The first-order chi connectivity index (χ1) is 6.54. The van der Waals surface area contributed by atoms with Gasteiger partial charge < -0.3 is 14.6 Å². The second kappa shape index (κ2) is 3.00. The Labute approximate surface area is 78.6 Å². The van der Waals surface area contributed by atoms with Crippen LogP contribution in [0.4, 0.5) is 26.3 Å². The summed E-state index contributed by atoms with van der Waals surface area (Å²) in [5.41, 5.74) is 0. The molecule has 0 bridgehead atoms. The third-order valence-corrected chi connectivity index (χ3v) is 1.85. The number of carbonyl (C=O) groups is 1. The zero-order valence-electron chi connectivity index (χ0n) is 6.78. The molecule has 0 aromatic rings. The summed E-state index contributed by atoms with van der Waals surface area (Å²) in [5, 5.41) is 9.97. The number of carbonyl (C=O) groups excluding carboxylic acids is 1. The highest BCUT2D eigenvalue weighted by molar-refractivity contribution is 5.72. The summed E-state index contributed by atoms with van der Waals surface area (Å²) >= 11 is 0. The summed E-state index contributed by atoms with van der Waals surface area (Å²) in [6.07, 6.45) is -3.38. The molecule has 0 radical (unpaired) electrons. The van der Waals surface area contributed by atoms with Crippen LogP contribution in [-0.4, -0.2) is 36.4 Å². The quantitative estimate of drug-likeness (QED) is 0.605. The van der Waals surface area contributed by atoms with Gasteiger partial charge >= 0.3 is 17.8 Å². The van der Waals surface area contributed by atoms with Gasteiger partial charge in [-0.1, -0.05) is 0 Å². The van der Waals surface area contributed by atoms with E-state index in [0.29, 0.717) is 0 Å². The van der Waals surface area contributed by atoms with Crippen LogP contribution in [0.25, 0.3) is 0 Å². The maximum atomic E-state index is 12.6. The zero-order chi connectivity index (χ0) is 12.1. The third-order valence-electron chi connectivity index (χ3n) is 1.85. The van der Waals surface area contributed by atoms with Crippen molar-refractivity contribution in [3.05, 3.63) is 0 Å². The van der Waals surface area contributed by atoms with E-state index in [-0.39, 0.29) is 0 Å². The molecule has 1 aliphatic heterocycles. The normalized spacial score (nSPS) is 32.3. The van der Waals surface area contributed by atoms with Gasteiger partial charge in [0, 0.05) is 0 Å². The van der Waals surface area contributed by atoms with E-state index >= 15 is 0 Å². The summed E-state index contributed by atoms with van der Waals surface area (Å²) in [6, 6.07) is 0. The minimum absolute atomic E-state index is 2.10. The molecule has 1 rings (SSSR count). The van der Waals surface area contributed by atoms with Crippen molar-refractivity contribution in [1.29, 1.82) is 0 Å². The lowest BCUT2D eigenvalue weighted by molar-refractivity contribution is -0.397. The van der Waals surface area contributed by atoms with Crippen LogP contribution in [0.1, 0.15) is 0 Å². The van der Waals surface area contributed by atoms with E-state index in [0.717, 1.165) is 0 Å². The van der Waals surface area contributed by atoms with Crippen LogP contribution in [0.5, 0.6) is 0 Å². The topological polar surface area (TPSA) is 49.4 Å². The zero-order valence-corrected chi connectivity index (χ0v) is 6.78. The molecule has 9 heteroatoms. The van der Waals surface area contributed by atoms with Crippen LogP contribution in [0.3, 0.4) is 0 Å². The molecule has 0 amide bonds. The number of hydrogen-bond donors (Lipinski definition) is 0. The van der Waals surface area contributed by atoms with E-state index in [4.69, 9.17) is 0 Å². The predicted molar refractivity (Wildman–Crippen MR) is 29.6 cm³/mol. The van der Waals surface area contributed by atoms with E-state index in [1.807, 2.05) is 0 Å². The summed E-state index contributed by atoms with van der Waals surface area (Å²) in [4.78, 5) is 9.97. The molecular formula is C6H3F6O3-. The van der Waals surface area contributed by atoms with Gasteiger partial charge in [-0.3, -0.25) is 0 Å². The van der Waals surface area contributed by atoms with Gasteiger partial charge in [0.15, 0.2) is 6.10 Å². The molecule has 0 spiro atoms. The lowest BCUT2D eigenvalue weighted by Gasteiger charge is -2.41. The second-order valence-corrected chi connectivity index (χ2v) is 2.91. The average molecular weight is 237 g/mol. The summed E-state index contributed by atoms with van der Waals surface area (Å²) in [6.45, 7) is -2.10. The average Bonchev–Trinajstić information content (AvgIpc) is 2.00. The van der Waals surface area contributed by atoms with Crippen LogP contribution >= 0.6 is 0 Å². The molecule has 1 fully saturated rings. The SMILES string of the molecule is O=C([O-])C1OCC(F)(F)C(F)(F)C1(F)F. The van der Waals surface area contributed by atoms with Gasteiger partial charge in [-0.15, -0.1) is 0 Å². The minimum atomic E-state index is -5.79. The smallest absolute Gasteiger partial charge is 0.377 e. The highest BCUT2D eigenvalue weighted by Gasteiger charge is 2.77. The number of carboxylic acids is 1. The molecular weight excluding hydrogens is 234 g/mol. The van der Waals surface area contributed by atoms with Gasteiger partial charge in [-0.25, -0.2) is 0 Å². The first-order valence-corrected chi connectivity index (χ1v) is 3.50. The molecule has 1 heterocycles. The van der Waals surface area contributed by atoms with Crippen LogP contribution in [0.15, 0.2) is 0 Å². The van der Waals surface area contributed by atoms with Crippen molar-refractivity contribution in [3.63, 3.8) is 0 Å². The fraction of sp³-hybridized carbons (Fsp3) is 0.833. The van der Waals surface area contributed by atoms with E-state index in [1.54, 1.807) is 0 Å². The highest BCUT2D eigenvalue weighted by atomic mass is 19.3. The number of rotatable bonds is 1. The van der Waals surface area contributed by atoms with Gasteiger partial charge in [0.05, 0.1) is 5.97 Å². The van der Waals surface area contributed by atoms with Gasteiger partial charge in [0.25, 0.3) is 0 Å². The summed E-state index contributed by atoms with van der Waals surface area (Å²) in [7, 11) is 0. The lowest BCUT2D eigenvalue weighted by Crippen LogP contribution is -2.69. The molecule has 15 heavy (non-hydrogen) atoms. The van der Waals surface area contributed by atoms with Crippen LogP contribution in [0.2, 0.25) is 0 Å². The molecule has 0 N–H and O–H groups in total. The summed E-state index contributed by atoms with van der Waals surface area (Å²) in [5.74, 6) is -19.1. The Morgan fingerprint density at radius 1 is 1.20 bits per heavy atom. The van der Waals surface area contributed by atoms with E-state index in [9.17, 15) is 36.2 Å². The Kier molecular flexibility index (Phi) is 2.42. The Hall–Kier alpha value is -0.990. The Balaban J connectivity index is 3.15. The van der Waals surface area contributed by atoms with E-state index < -0.39 is 36.4 Å². The number of alkyl halides is 6. The standard InChI is InChI=1S/C6H4F6O3/c7-4(8)1-15-2(3(13)14)5(9,10)6(4,11)12/h2H,1H2,(H,13,14)/p-1. The van der Waals surface area contributed by atoms with Gasteiger partial charge in [0.1, 0.15) is 6.61 Å². The number of carboxylic acid groups (broad SMARTS) is 1. The predicted octanol–water partition coefficient (Wildman–Crippen LogP) is 0.0410. The van der Waals surface area contributed by atoms with Crippen molar-refractivity contribution in [3.8, 4) is 0 Å². The molecule has 0 aliphatic carbocycles. The summed E-state index contributed by atoms with van der Waals surface area (Å²) < 4.78 is 78.4. The first-order valence-electron chi connectivity index (χ1n) is 3.50. The van der Waals surface area contributed by atoms with Crippen molar-refractivity contribution in [1.82, 2.24) is 0 Å². The molecule has 1 aliphatic rings. The van der Waals surface area contributed by atoms with E-state index in [2.05, 4.69) is 4.74 Å². The molecule has 1 saturated heterocycles. The van der Waals surface area contributed by atoms with Crippen LogP contribution in [-0.2, 0) is 9.53 Å². The number of ether oxygens (including phenoxy) is 1.